The number of halogens is 2. The molecule has 1 atom stereocenters. The Kier molecular flexibility index (Phi) is 10.5. The highest BCUT2D eigenvalue weighted by molar-refractivity contribution is 8.00. The molecule has 1 saturated heterocycles. The summed E-state index contributed by atoms with van der Waals surface area (Å²) >= 11 is 1.97. The number of nitrogens with one attached hydrogen (secondary N) is 1. The molecular weight excluding hydrogens is 347 g/mol. The van der Waals surface area contributed by atoms with Gasteiger partial charge in [0.1, 0.15) is 0 Å². The molecule has 5 heteroatoms. The first kappa shape index (κ1) is 22.8. The van der Waals surface area contributed by atoms with E-state index in [0.29, 0.717) is 6.04 Å². The van der Waals surface area contributed by atoms with Crippen LogP contribution in [0.25, 0.3) is 0 Å². The van der Waals surface area contributed by atoms with Gasteiger partial charge in [0.05, 0.1) is 0 Å². The smallest absolute Gasteiger partial charge is 0.0394 e. The largest absolute Gasteiger partial charge is 0.314 e. The molecule has 1 aromatic rings. The molecule has 0 saturated carbocycles. The second-order valence-electron chi connectivity index (χ2n) is 6.58. The van der Waals surface area contributed by atoms with Crippen LogP contribution in [0.15, 0.2) is 41.8 Å². The average Bonchev–Trinajstić information content (AvgIpc) is 2.45. The summed E-state index contributed by atoms with van der Waals surface area (Å²) in [6.45, 7) is 15.2. The lowest BCUT2D eigenvalue weighted by atomic mass is 10.0. The highest BCUT2D eigenvalue weighted by Gasteiger charge is 2.24. The van der Waals surface area contributed by atoms with Gasteiger partial charge in [0.25, 0.3) is 0 Å². The Morgan fingerprint density at radius 3 is 2.39 bits per heavy atom. The maximum Gasteiger partial charge on any atom is 0.0394 e. The van der Waals surface area contributed by atoms with Gasteiger partial charge in [-0.2, -0.15) is 0 Å². The second-order valence-corrected chi connectivity index (χ2v) is 8.45. The van der Waals surface area contributed by atoms with Crippen LogP contribution in [0.3, 0.4) is 0 Å². The van der Waals surface area contributed by atoms with Crippen LogP contribution in [0, 0.1) is 0 Å². The van der Waals surface area contributed by atoms with E-state index < -0.39 is 0 Å². The van der Waals surface area contributed by atoms with Crippen LogP contribution in [-0.2, 0) is 0 Å². The molecule has 1 aromatic carbocycles. The number of hydrogen-bond donors (Lipinski definition) is 1. The van der Waals surface area contributed by atoms with Crippen molar-refractivity contribution in [3.8, 4) is 0 Å². The Hall–Kier alpha value is -0.190. The third-order valence-corrected chi connectivity index (χ3v) is 4.88. The van der Waals surface area contributed by atoms with Crippen LogP contribution < -0.4 is 5.32 Å². The SMILES string of the molecule is C=CC[C@@H](c1ccccc1SC(C)(C)C)N1CCNCC1.Cl.Cl. The predicted molar refractivity (Wildman–Crippen MR) is 109 cm³/mol. The number of piperazine rings is 1. The molecule has 2 nitrogen and oxygen atoms in total. The number of thioether (sulfide) groups is 1. The first-order chi connectivity index (χ1) is 10.0. The molecule has 0 aliphatic carbocycles. The average molecular weight is 377 g/mol. The molecule has 2 rings (SSSR count). The van der Waals surface area contributed by atoms with Crippen molar-refractivity contribution in [2.75, 3.05) is 26.2 Å². The molecule has 1 heterocycles. The topological polar surface area (TPSA) is 15.3 Å². The molecule has 0 aromatic heterocycles. The lowest BCUT2D eigenvalue weighted by Gasteiger charge is -2.36. The lowest BCUT2D eigenvalue weighted by molar-refractivity contribution is 0.172. The lowest BCUT2D eigenvalue weighted by Crippen LogP contribution is -2.45. The normalized spacial score (nSPS) is 16.8. The van der Waals surface area contributed by atoms with E-state index in [1.165, 1.54) is 10.5 Å². The fraction of sp³-hybridized carbons (Fsp3) is 0.556. The minimum Gasteiger partial charge on any atom is -0.314 e. The summed E-state index contributed by atoms with van der Waals surface area (Å²) < 4.78 is 0.234. The molecule has 0 unspecified atom stereocenters. The van der Waals surface area contributed by atoms with Crippen LogP contribution in [0.4, 0.5) is 0 Å². The summed E-state index contributed by atoms with van der Waals surface area (Å²) in [5.41, 5.74) is 1.46. The van der Waals surface area contributed by atoms with Gasteiger partial charge in [-0.15, -0.1) is 43.2 Å². The van der Waals surface area contributed by atoms with Crippen LogP contribution >= 0.6 is 36.6 Å². The molecular formula is C18H30Cl2N2S. The van der Waals surface area contributed by atoms with E-state index in [4.69, 9.17) is 0 Å². The quantitative estimate of drug-likeness (QED) is 0.578. The highest BCUT2D eigenvalue weighted by atomic mass is 35.5. The van der Waals surface area contributed by atoms with E-state index in [9.17, 15) is 0 Å². The monoisotopic (exact) mass is 376 g/mol. The maximum atomic E-state index is 3.98. The third-order valence-electron chi connectivity index (χ3n) is 3.68. The van der Waals surface area contributed by atoms with Crippen molar-refractivity contribution >= 4 is 36.6 Å². The van der Waals surface area contributed by atoms with E-state index in [0.717, 1.165) is 32.6 Å². The zero-order valence-corrected chi connectivity index (χ0v) is 16.8. The van der Waals surface area contributed by atoms with Gasteiger partial charge in [0, 0.05) is 41.9 Å². The van der Waals surface area contributed by atoms with Gasteiger partial charge >= 0.3 is 0 Å². The molecule has 1 aliphatic rings. The second kappa shape index (κ2) is 10.6. The molecule has 1 aliphatic heterocycles. The Bertz CT molecular complexity index is 468. The summed E-state index contributed by atoms with van der Waals surface area (Å²) in [6, 6.07) is 9.34. The molecule has 0 spiro atoms. The molecule has 23 heavy (non-hydrogen) atoms. The van der Waals surface area contributed by atoms with Gasteiger partial charge in [-0.25, -0.2) is 0 Å². The van der Waals surface area contributed by atoms with Gasteiger partial charge < -0.3 is 5.32 Å². The minimum atomic E-state index is 0. The Morgan fingerprint density at radius 2 is 1.83 bits per heavy atom. The number of rotatable bonds is 5. The Morgan fingerprint density at radius 1 is 1.22 bits per heavy atom. The highest BCUT2D eigenvalue weighted by Crippen LogP contribution is 2.38. The summed E-state index contributed by atoms with van der Waals surface area (Å²) in [5, 5.41) is 3.44. The van der Waals surface area contributed by atoms with Crippen molar-refractivity contribution < 1.29 is 0 Å². The van der Waals surface area contributed by atoms with E-state index in [-0.39, 0.29) is 29.6 Å². The first-order valence-corrected chi connectivity index (χ1v) is 8.66. The fourth-order valence-electron chi connectivity index (χ4n) is 2.80. The molecule has 0 radical (unpaired) electrons. The number of nitrogens with zero attached hydrogens (tertiary/aromatic N) is 1. The van der Waals surface area contributed by atoms with Crippen LogP contribution in [-0.4, -0.2) is 35.8 Å². The van der Waals surface area contributed by atoms with Crippen LogP contribution in [0.2, 0.25) is 0 Å². The molecule has 1 fully saturated rings. The van der Waals surface area contributed by atoms with Crippen molar-refractivity contribution in [2.45, 2.75) is 42.9 Å². The minimum absolute atomic E-state index is 0. The van der Waals surface area contributed by atoms with Crippen LogP contribution in [0.1, 0.15) is 38.8 Å². The predicted octanol–water partition coefficient (Wildman–Crippen LogP) is 4.94. The van der Waals surface area contributed by atoms with Crippen molar-refractivity contribution in [1.29, 1.82) is 0 Å². The Labute approximate surface area is 158 Å². The van der Waals surface area contributed by atoms with E-state index in [1.807, 2.05) is 11.8 Å². The van der Waals surface area contributed by atoms with Gasteiger partial charge in [-0.1, -0.05) is 45.0 Å². The standard InChI is InChI=1S/C18H28N2S.2ClH/c1-5-8-16(20-13-11-19-12-14-20)15-9-6-7-10-17(15)21-18(2,3)4;;/h5-7,9-10,16,19H,1,8,11-14H2,2-4H3;2*1H/t16-;;/m0../s1. The van der Waals surface area contributed by atoms with Gasteiger partial charge in [-0.05, 0) is 18.1 Å². The molecule has 0 bridgehead atoms. The molecule has 0 amide bonds. The zero-order chi connectivity index (χ0) is 15.3. The van der Waals surface area contributed by atoms with Gasteiger partial charge in [0.2, 0.25) is 0 Å². The van der Waals surface area contributed by atoms with Crippen LogP contribution in [0.5, 0.6) is 0 Å². The van der Waals surface area contributed by atoms with Crippen molar-refractivity contribution in [3.05, 3.63) is 42.5 Å². The van der Waals surface area contributed by atoms with Crippen molar-refractivity contribution in [2.24, 2.45) is 0 Å². The summed E-state index contributed by atoms with van der Waals surface area (Å²) in [4.78, 5) is 4.01. The Balaban J connectivity index is 0.00000242. The third kappa shape index (κ3) is 7.06. The fourth-order valence-corrected chi connectivity index (χ4v) is 3.93. The van der Waals surface area contributed by atoms with E-state index in [1.54, 1.807) is 0 Å². The first-order valence-electron chi connectivity index (χ1n) is 7.85. The van der Waals surface area contributed by atoms with Gasteiger partial charge in [0.15, 0.2) is 0 Å². The van der Waals surface area contributed by atoms with Gasteiger partial charge in [-0.3, -0.25) is 4.90 Å². The summed E-state index contributed by atoms with van der Waals surface area (Å²) in [5.74, 6) is 0. The molecule has 1 N–H and O–H groups in total. The molecule has 132 valence electrons. The van der Waals surface area contributed by atoms with E-state index in [2.05, 4.69) is 67.9 Å². The van der Waals surface area contributed by atoms with E-state index >= 15 is 0 Å². The van der Waals surface area contributed by atoms with Crippen molar-refractivity contribution in [3.63, 3.8) is 0 Å². The summed E-state index contributed by atoms with van der Waals surface area (Å²) in [6.07, 6.45) is 3.08. The number of hydrogen-bond acceptors (Lipinski definition) is 3. The van der Waals surface area contributed by atoms with Crippen molar-refractivity contribution in [1.82, 2.24) is 10.2 Å². The number of benzene rings is 1. The maximum absolute atomic E-state index is 3.98. The zero-order valence-electron chi connectivity index (χ0n) is 14.4. The summed E-state index contributed by atoms with van der Waals surface area (Å²) in [7, 11) is 0.